The first-order valence-electron chi connectivity index (χ1n) is 11.1. The molecule has 1 N–H and O–H groups in total. The minimum atomic E-state index is -0.376. The number of thiocarbonyl (C=S) groups is 1. The summed E-state index contributed by atoms with van der Waals surface area (Å²) in [5, 5.41) is 3.34. The van der Waals surface area contributed by atoms with E-state index in [1.165, 1.54) is 4.90 Å². The second-order valence-electron chi connectivity index (χ2n) is 8.05. The molecule has 0 aliphatic carbocycles. The van der Waals surface area contributed by atoms with Crippen LogP contribution in [0.3, 0.4) is 0 Å². The van der Waals surface area contributed by atoms with Crippen LogP contribution >= 0.6 is 35.6 Å². The van der Waals surface area contributed by atoms with Gasteiger partial charge in [0.1, 0.15) is 10.9 Å². The van der Waals surface area contributed by atoms with E-state index in [0.29, 0.717) is 43.3 Å². The summed E-state index contributed by atoms with van der Waals surface area (Å²) in [7, 11) is 0. The van der Waals surface area contributed by atoms with Gasteiger partial charge in [-0.15, -0.1) is 0 Å². The Morgan fingerprint density at radius 3 is 2.47 bits per heavy atom. The van der Waals surface area contributed by atoms with Gasteiger partial charge in [-0.1, -0.05) is 80.0 Å². The standard InChI is InChI=1S/C25H24ClN3O3S2/c1-2-3-4-7-14-28-24(32)22(34-25(28)33)21-18-8-5-6-9-19(18)29(23(21)31)15-20(30)27-17-12-10-16(26)11-13-17/h5-6,8-13H,2-4,7,14-15H2,1H3,(H,27,30)/b22-21-. The summed E-state index contributed by atoms with van der Waals surface area (Å²) in [5.41, 5.74) is 2.13. The largest absolute Gasteiger partial charge is 0.325 e. The van der Waals surface area contributed by atoms with Crippen molar-refractivity contribution in [2.75, 3.05) is 23.3 Å². The Balaban J connectivity index is 1.57. The van der Waals surface area contributed by atoms with E-state index in [4.69, 9.17) is 23.8 Å². The summed E-state index contributed by atoms with van der Waals surface area (Å²) >= 11 is 12.5. The van der Waals surface area contributed by atoms with Gasteiger partial charge in [0, 0.05) is 22.8 Å². The van der Waals surface area contributed by atoms with Crippen LogP contribution in [0.4, 0.5) is 11.4 Å². The number of para-hydroxylation sites is 1. The van der Waals surface area contributed by atoms with Crippen molar-refractivity contribution in [3.63, 3.8) is 0 Å². The summed E-state index contributed by atoms with van der Waals surface area (Å²) in [6.45, 7) is 2.50. The lowest BCUT2D eigenvalue weighted by Crippen LogP contribution is -2.35. The Hall–Kier alpha value is -2.68. The molecule has 0 spiro atoms. The number of fused-ring (bicyclic) bond motifs is 1. The number of nitrogens with one attached hydrogen (secondary N) is 1. The lowest BCUT2D eigenvalue weighted by molar-refractivity contribution is -0.122. The SMILES string of the molecule is CCCCCCN1C(=O)/C(=C2/C(=O)N(CC(=O)Nc3ccc(Cl)cc3)c3ccccc32)SC1=S. The lowest BCUT2D eigenvalue weighted by atomic mass is 10.1. The van der Waals surface area contributed by atoms with Crippen molar-refractivity contribution in [3.8, 4) is 0 Å². The normalized spacial score (nSPS) is 17.5. The average Bonchev–Trinajstić information content (AvgIpc) is 3.25. The van der Waals surface area contributed by atoms with Gasteiger partial charge in [-0.2, -0.15) is 0 Å². The van der Waals surface area contributed by atoms with Crippen molar-refractivity contribution in [1.82, 2.24) is 4.90 Å². The number of hydrogen-bond acceptors (Lipinski definition) is 5. The fourth-order valence-corrected chi connectivity index (χ4v) is 5.48. The van der Waals surface area contributed by atoms with Gasteiger partial charge in [0.15, 0.2) is 0 Å². The number of rotatable bonds is 8. The molecular weight excluding hydrogens is 490 g/mol. The highest BCUT2D eigenvalue weighted by atomic mass is 35.5. The summed E-state index contributed by atoms with van der Waals surface area (Å²) in [4.78, 5) is 42.7. The molecular formula is C25H24ClN3O3S2. The van der Waals surface area contributed by atoms with Gasteiger partial charge in [0.25, 0.3) is 11.8 Å². The molecule has 6 nitrogen and oxygen atoms in total. The van der Waals surface area contributed by atoms with Crippen molar-refractivity contribution >= 4 is 74.6 Å². The number of anilines is 2. The molecule has 4 rings (SSSR count). The maximum Gasteiger partial charge on any atom is 0.267 e. The number of benzene rings is 2. The maximum atomic E-state index is 13.5. The first-order chi connectivity index (χ1) is 16.4. The molecule has 176 valence electrons. The molecule has 2 aromatic rings. The zero-order valence-corrected chi connectivity index (χ0v) is 21.1. The monoisotopic (exact) mass is 513 g/mol. The quantitative estimate of drug-likeness (QED) is 0.287. The molecule has 0 atom stereocenters. The zero-order chi connectivity index (χ0) is 24.2. The van der Waals surface area contributed by atoms with Crippen molar-refractivity contribution in [1.29, 1.82) is 0 Å². The van der Waals surface area contributed by atoms with Crippen LogP contribution in [0.15, 0.2) is 53.4 Å². The molecule has 0 radical (unpaired) electrons. The Bertz CT molecular complexity index is 1180. The van der Waals surface area contributed by atoms with Crippen LogP contribution in [0.2, 0.25) is 5.02 Å². The second-order valence-corrected chi connectivity index (χ2v) is 10.1. The van der Waals surface area contributed by atoms with Gasteiger partial charge in [0.05, 0.1) is 16.2 Å². The molecule has 3 amide bonds. The molecule has 2 heterocycles. The Labute approximate surface area is 213 Å². The average molecular weight is 514 g/mol. The highest BCUT2D eigenvalue weighted by molar-refractivity contribution is 8.26. The molecule has 0 saturated carbocycles. The highest BCUT2D eigenvalue weighted by Gasteiger charge is 2.42. The number of thioether (sulfide) groups is 1. The number of hydrogen-bond donors (Lipinski definition) is 1. The third-order valence-electron chi connectivity index (χ3n) is 5.66. The van der Waals surface area contributed by atoms with Crippen molar-refractivity contribution in [2.45, 2.75) is 32.6 Å². The van der Waals surface area contributed by atoms with Crippen LogP contribution in [0, 0.1) is 0 Å². The Morgan fingerprint density at radius 2 is 1.74 bits per heavy atom. The first-order valence-corrected chi connectivity index (χ1v) is 12.8. The van der Waals surface area contributed by atoms with Crippen LogP contribution in [-0.4, -0.2) is 40.0 Å². The van der Waals surface area contributed by atoms with E-state index in [-0.39, 0.29) is 24.3 Å². The molecule has 0 aromatic heterocycles. The third-order valence-corrected chi connectivity index (χ3v) is 7.36. The Kier molecular flexibility index (Phi) is 7.70. The number of carbonyl (C=O) groups excluding carboxylic acids is 3. The van der Waals surface area contributed by atoms with E-state index in [1.54, 1.807) is 47.4 Å². The number of nitrogens with zero attached hydrogens (tertiary/aromatic N) is 2. The molecule has 2 aliphatic rings. The molecule has 1 fully saturated rings. The predicted octanol–water partition coefficient (Wildman–Crippen LogP) is 5.48. The molecule has 1 saturated heterocycles. The van der Waals surface area contributed by atoms with Crippen LogP contribution < -0.4 is 10.2 Å². The fraction of sp³-hybridized carbons (Fsp3) is 0.280. The summed E-state index contributed by atoms with van der Waals surface area (Å²) < 4.78 is 0.466. The van der Waals surface area contributed by atoms with Crippen LogP contribution in [0.25, 0.3) is 5.57 Å². The molecule has 2 aliphatic heterocycles. The molecule has 0 unspecified atom stereocenters. The van der Waals surface area contributed by atoms with E-state index < -0.39 is 0 Å². The summed E-state index contributed by atoms with van der Waals surface area (Å²) in [6, 6.07) is 13.9. The highest BCUT2D eigenvalue weighted by Crippen LogP contribution is 2.44. The minimum absolute atomic E-state index is 0.181. The fourth-order valence-electron chi connectivity index (χ4n) is 3.97. The minimum Gasteiger partial charge on any atom is -0.325 e. The van der Waals surface area contributed by atoms with Gasteiger partial charge < -0.3 is 5.32 Å². The molecule has 9 heteroatoms. The molecule has 2 aromatic carbocycles. The topological polar surface area (TPSA) is 69.7 Å². The van der Waals surface area contributed by atoms with Gasteiger partial charge in [-0.05, 0) is 36.8 Å². The van der Waals surface area contributed by atoms with Crippen LogP contribution in [0.1, 0.15) is 38.2 Å². The second kappa shape index (κ2) is 10.7. The predicted molar refractivity (Wildman–Crippen MR) is 142 cm³/mol. The van der Waals surface area contributed by atoms with Crippen LogP contribution in [0.5, 0.6) is 0 Å². The van der Waals surface area contributed by atoms with Gasteiger partial charge in [-0.3, -0.25) is 24.2 Å². The van der Waals surface area contributed by atoms with Gasteiger partial charge in [0.2, 0.25) is 5.91 Å². The molecule has 34 heavy (non-hydrogen) atoms. The van der Waals surface area contributed by atoms with E-state index >= 15 is 0 Å². The summed E-state index contributed by atoms with van der Waals surface area (Å²) in [6.07, 6.45) is 4.10. The maximum absolute atomic E-state index is 13.5. The Morgan fingerprint density at radius 1 is 1.00 bits per heavy atom. The van der Waals surface area contributed by atoms with Crippen molar-refractivity contribution in [2.24, 2.45) is 0 Å². The summed E-state index contributed by atoms with van der Waals surface area (Å²) in [5.74, 6) is -0.966. The van der Waals surface area contributed by atoms with Crippen molar-refractivity contribution in [3.05, 3.63) is 64.0 Å². The lowest BCUT2D eigenvalue weighted by Gasteiger charge is -2.17. The number of unbranched alkanes of at least 4 members (excludes halogenated alkanes) is 3. The van der Waals surface area contributed by atoms with E-state index in [2.05, 4.69) is 12.2 Å². The third kappa shape index (κ3) is 5.04. The zero-order valence-electron chi connectivity index (χ0n) is 18.7. The van der Waals surface area contributed by atoms with E-state index in [9.17, 15) is 14.4 Å². The number of carbonyl (C=O) groups is 3. The van der Waals surface area contributed by atoms with Crippen LogP contribution in [-0.2, 0) is 14.4 Å². The molecule has 0 bridgehead atoms. The van der Waals surface area contributed by atoms with Gasteiger partial charge >= 0.3 is 0 Å². The number of halogens is 1. The van der Waals surface area contributed by atoms with Crippen molar-refractivity contribution < 1.29 is 14.4 Å². The van der Waals surface area contributed by atoms with Gasteiger partial charge in [-0.25, -0.2) is 0 Å². The first kappa shape index (κ1) is 24.4. The number of amides is 3. The van der Waals surface area contributed by atoms with E-state index in [1.807, 2.05) is 6.07 Å². The van der Waals surface area contributed by atoms with E-state index in [0.717, 1.165) is 37.4 Å². The smallest absolute Gasteiger partial charge is 0.267 e.